The molecular weight excluding hydrogens is 588 g/mol. The SMILES string of the molecule is CC/C=C(/C#N)C(=NC)c1ccc2nc(-c3cccnc3N)n(-c3ccc(CN4CCC(Nc5ccnc(C#N)n5)CC4)cc3)c2n1. The molecule has 1 saturated heterocycles. The fraction of sp³-hybridized carbons (Fsp3) is 0.257. The number of aliphatic imine (C=N–C) groups is 1. The Morgan fingerprint density at radius 3 is 2.53 bits per heavy atom. The van der Waals surface area contributed by atoms with Crippen LogP contribution in [0.4, 0.5) is 11.6 Å². The lowest BCUT2D eigenvalue weighted by Crippen LogP contribution is -2.38. The average molecular weight is 623 g/mol. The predicted octanol–water partition coefficient (Wildman–Crippen LogP) is 5.08. The van der Waals surface area contributed by atoms with Gasteiger partial charge in [0.15, 0.2) is 11.5 Å². The topological polar surface area (TPSA) is 171 Å². The van der Waals surface area contributed by atoms with Crippen LogP contribution in [0.1, 0.15) is 43.3 Å². The van der Waals surface area contributed by atoms with Crippen molar-refractivity contribution >= 4 is 28.5 Å². The third-order valence-corrected chi connectivity index (χ3v) is 8.13. The zero-order valence-corrected chi connectivity index (χ0v) is 26.3. The number of nitriles is 2. The van der Waals surface area contributed by atoms with Crippen molar-refractivity contribution in [2.75, 3.05) is 31.2 Å². The first-order chi connectivity index (χ1) is 23.0. The van der Waals surface area contributed by atoms with Crippen molar-refractivity contribution in [3.05, 3.63) is 95.7 Å². The number of imidazole rings is 1. The molecule has 1 aliphatic rings. The number of pyridine rings is 2. The van der Waals surface area contributed by atoms with Gasteiger partial charge in [-0.25, -0.2) is 24.9 Å². The molecule has 47 heavy (non-hydrogen) atoms. The van der Waals surface area contributed by atoms with Gasteiger partial charge in [0, 0.05) is 50.8 Å². The van der Waals surface area contributed by atoms with Crippen molar-refractivity contribution < 1.29 is 0 Å². The third kappa shape index (κ3) is 6.69. The van der Waals surface area contributed by atoms with Crippen molar-refractivity contribution in [1.29, 1.82) is 10.5 Å². The number of aromatic nitrogens is 6. The lowest BCUT2D eigenvalue weighted by atomic mass is 10.0. The van der Waals surface area contributed by atoms with Gasteiger partial charge >= 0.3 is 0 Å². The van der Waals surface area contributed by atoms with Gasteiger partial charge in [0.1, 0.15) is 35.0 Å². The van der Waals surface area contributed by atoms with Gasteiger partial charge in [-0.15, -0.1) is 0 Å². The Bertz CT molecular complexity index is 2040. The van der Waals surface area contributed by atoms with Crippen LogP contribution >= 0.6 is 0 Å². The molecule has 1 aromatic carbocycles. The highest BCUT2D eigenvalue weighted by Crippen LogP contribution is 2.31. The Balaban J connectivity index is 1.26. The summed E-state index contributed by atoms with van der Waals surface area (Å²) in [4.78, 5) is 29.3. The number of rotatable bonds is 9. The quantitative estimate of drug-likeness (QED) is 0.167. The molecule has 1 fully saturated rings. The maximum atomic E-state index is 9.80. The maximum Gasteiger partial charge on any atom is 0.234 e. The smallest absolute Gasteiger partial charge is 0.234 e. The van der Waals surface area contributed by atoms with Crippen LogP contribution in [-0.2, 0) is 6.54 Å². The highest BCUT2D eigenvalue weighted by atomic mass is 15.2. The van der Waals surface area contributed by atoms with Crippen LogP contribution in [0.25, 0.3) is 28.2 Å². The molecule has 234 valence electrons. The second kappa shape index (κ2) is 14.0. The molecule has 1 aliphatic heterocycles. The van der Waals surface area contributed by atoms with Gasteiger partial charge in [-0.3, -0.25) is 14.5 Å². The molecule has 3 N–H and O–H groups in total. The zero-order chi connectivity index (χ0) is 32.8. The van der Waals surface area contributed by atoms with Gasteiger partial charge in [0.25, 0.3) is 0 Å². The summed E-state index contributed by atoms with van der Waals surface area (Å²) in [5.41, 5.74) is 12.0. The lowest BCUT2D eigenvalue weighted by molar-refractivity contribution is 0.211. The van der Waals surface area contributed by atoms with Gasteiger partial charge in [0.05, 0.1) is 16.8 Å². The normalized spacial score (nSPS) is 14.6. The number of hydrogen-bond donors (Lipinski definition) is 2. The van der Waals surface area contributed by atoms with Gasteiger partial charge < -0.3 is 11.1 Å². The number of benzene rings is 1. The van der Waals surface area contributed by atoms with Crippen LogP contribution in [0.2, 0.25) is 0 Å². The molecule has 0 unspecified atom stereocenters. The van der Waals surface area contributed by atoms with E-state index >= 15 is 0 Å². The van der Waals surface area contributed by atoms with Gasteiger partial charge in [-0.2, -0.15) is 10.5 Å². The van der Waals surface area contributed by atoms with Crippen LogP contribution in [0.5, 0.6) is 0 Å². The predicted molar refractivity (Wildman–Crippen MR) is 182 cm³/mol. The van der Waals surface area contributed by atoms with Gasteiger partial charge in [-0.1, -0.05) is 25.1 Å². The summed E-state index contributed by atoms with van der Waals surface area (Å²) in [7, 11) is 1.67. The number of fused-ring (bicyclic) bond motifs is 1. The van der Waals surface area contributed by atoms with E-state index in [0.29, 0.717) is 63.6 Å². The number of nitrogens with two attached hydrogens (primary N) is 1. The molecule has 0 amide bonds. The standard InChI is InChI=1S/C35H34N12/c1-3-5-24(20-36)32(39-2)28-11-12-29-35(43-28)47(34(44-29)27-6-4-16-41-33(27)38)26-9-7-23(8-10-26)22-46-18-14-25(15-19-46)42-30-13-17-40-31(21-37)45-30/h4-13,16-17,25H,3,14-15,18-19,22H2,1-2H3,(H2,38,41)(H,40,42,45)/b24-5-,39-32?. The first kappa shape index (κ1) is 31.0. The molecule has 12 heteroatoms. The minimum atomic E-state index is 0.170. The highest BCUT2D eigenvalue weighted by molar-refractivity contribution is 6.14. The van der Waals surface area contributed by atoms with Crippen LogP contribution in [0, 0.1) is 22.7 Å². The fourth-order valence-electron chi connectivity index (χ4n) is 5.84. The zero-order valence-electron chi connectivity index (χ0n) is 26.3. The molecule has 12 nitrogen and oxygen atoms in total. The Hall–Kier alpha value is -5.98. The molecular formula is C35H34N12. The van der Waals surface area contributed by atoms with Crippen molar-refractivity contribution in [1.82, 2.24) is 34.4 Å². The lowest BCUT2D eigenvalue weighted by Gasteiger charge is -2.32. The Kier molecular flexibility index (Phi) is 9.23. The molecule has 0 bridgehead atoms. The molecule has 6 rings (SSSR count). The van der Waals surface area contributed by atoms with E-state index in [1.165, 1.54) is 5.56 Å². The van der Waals surface area contributed by atoms with E-state index in [0.717, 1.165) is 38.2 Å². The summed E-state index contributed by atoms with van der Waals surface area (Å²) in [5.74, 6) is 1.86. The second-order valence-electron chi connectivity index (χ2n) is 11.2. The Morgan fingerprint density at radius 1 is 1.02 bits per heavy atom. The van der Waals surface area contributed by atoms with Crippen molar-refractivity contribution in [2.45, 2.75) is 38.8 Å². The van der Waals surface area contributed by atoms with Gasteiger partial charge in [-0.05, 0) is 67.3 Å². The summed E-state index contributed by atoms with van der Waals surface area (Å²) in [6.45, 7) is 4.69. The van der Waals surface area contributed by atoms with Crippen LogP contribution in [0.15, 0.2) is 83.6 Å². The third-order valence-electron chi connectivity index (χ3n) is 8.13. The number of allylic oxidation sites excluding steroid dienone is 2. The minimum Gasteiger partial charge on any atom is -0.383 e. The number of piperidine rings is 1. The van der Waals surface area contributed by atoms with E-state index in [1.807, 2.05) is 47.9 Å². The van der Waals surface area contributed by atoms with Crippen LogP contribution in [0.3, 0.4) is 0 Å². The van der Waals surface area contributed by atoms with E-state index in [1.54, 1.807) is 25.5 Å². The van der Waals surface area contributed by atoms with E-state index in [-0.39, 0.29) is 5.82 Å². The van der Waals surface area contributed by atoms with Crippen LogP contribution < -0.4 is 11.1 Å². The number of nitrogen functional groups attached to an aromatic ring is 1. The molecule has 4 aromatic heterocycles. The number of nitrogens with one attached hydrogen (secondary N) is 1. The summed E-state index contributed by atoms with van der Waals surface area (Å²) in [6, 6.07) is 22.2. The molecule has 5 heterocycles. The monoisotopic (exact) mass is 622 g/mol. The minimum absolute atomic E-state index is 0.170. The molecule has 5 aromatic rings. The number of likely N-dealkylation sites (tertiary alicyclic amines) is 1. The molecule has 0 spiro atoms. The summed E-state index contributed by atoms with van der Waals surface area (Å²) < 4.78 is 1.99. The van der Waals surface area contributed by atoms with E-state index in [9.17, 15) is 5.26 Å². The first-order valence-corrected chi connectivity index (χ1v) is 15.5. The average Bonchev–Trinajstić information content (AvgIpc) is 3.48. The Morgan fingerprint density at radius 2 is 1.83 bits per heavy atom. The van der Waals surface area contributed by atoms with Crippen molar-refractivity contribution in [3.8, 4) is 29.2 Å². The van der Waals surface area contributed by atoms with Gasteiger partial charge in [0.2, 0.25) is 5.82 Å². The highest BCUT2D eigenvalue weighted by Gasteiger charge is 2.22. The van der Waals surface area contributed by atoms with E-state index < -0.39 is 0 Å². The van der Waals surface area contributed by atoms with E-state index in [4.69, 9.17) is 21.0 Å². The molecule has 0 saturated carbocycles. The molecule has 0 atom stereocenters. The van der Waals surface area contributed by atoms with Crippen molar-refractivity contribution in [2.24, 2.45) is 4.99 Å². The number of hydrogen-bond acceptors (Lipinski definition) is 11. The summed E-state index contributed by atoms with van der Waals surface area (Å²) >= 11 is 0. The summed E-state index contributed by atoms with van der Waals surface area (Å²) in [5, 5.41) is 22.3. The molecule has 0 radical (unpaired) electrons. The second-order valence-corrected chi connectivity index (χ2v) is 11.2. The first-order valence-electron chi connectivity index (χ1n) is 15.5. The van der Waals surface area contributed by atoms with E-state index in [2.05, 4.69) is 60.5 Å². The Labute approximate surface area is 273 Å². The fourth-order valence-corrected chi connectivity index (χ4v) is 5.84. The number of anilines is 2. The number of nitrogens with zero attached hydrogens (tertiary/aromatic N) is 10. The largest absolute Gasteiger partial charge is 0.383 e. The maximum absolute atomic E-state index is 9.80. The van der Waals surface area contributed by atoms with Crippen molar-refractivity contribution in [3.63, 3.8) is 0 Å². The molecule has 0 aliphatic carbocycles. The van der Waals surface area contributed by atoms with Crippen LogP contribution in [-0.4, -0.2) is 66.3 Å². The summed E-state index contributed by atoms with van der Waals surface area (Å²) in [6.07, 6.45) is 7.77.